The number of nitrogens with zero attached hydrogens (tertiary/aromatic N) is 6. The first-order valence-corrected chi connectivity index (χ1v) is 10.5. The Morgan fingerprint density at radius 3 is 2.91 bits per heavy atom. The Balaban J connectivity index is 1.41. The molecule has 1 atom stereocenters. The quantitative estimate of drug-likeness (QED) is 0.487. The van der Waals surface area contributed by atoms with Crippen molar-refractivity contribution < 1.29 is 13.9 Å². The average molecular weight is 449 g/mol. The van der Waals surface area contributed by atoms with Crippen molar-refractivity contribution in [1.29, 1.82) is 10.5 Å². The van der Waals surface area contributed by atoms with E-state index in [9.17, 15) is 14.9 Å². The van der Waals surface area contributed by atoms with Crippen LogP contribution in [0.3, 0.4) is 0 Å². The topological polar surface area (TPSA) is 145 Å². The van der Waals surface area contributed by atoms with E-state index in [1.54, 1.807) is 0 Å². The van der Waals surface area contributed by atoms with Crippen molar-refractivity contribution >= 4 is 23.1 Å². The van der Waals surface area contributed by atoms with Gasteiger partial charge >= 0.3 is 0 Å². The third-order valence-electron chi connectivity index (χ3n) is 5.27. The van der Waals surface area contributed by atoms with Gasteiger partial charge in [0.15, 0.2) is 17.2 Å². The SMILES string of the molecule is N#Cc1cc(Nc2nc(NC3CC3)c3ncc(C#N)n3n2)c(F)cc1OCC1COCCN1. The number of nitriles is 2. The summed E-state index contributed by atoms with van der Waals surface area (Å²) >= 11 is 0. The summed E-state index contributed by atoms with van der Waals surface area (Å²) in [4.78, 5) is 8.62. The fourth-order valence-corrected chi connectivity index (χ4v) is 3.42. The molecule has 2 fully saturated rings. The lowest BCUT2D eigenvalue weighted by Crippen LogP contribution is -2.44. The molecule has 33 heavy (non-hydrogen) atoms. The lowest BCUT2D eigenvalue weighted by molar-refractivity contribution is 0.0592. The molecule has 3 aromatic rings. The number of nitrogens with one attached hydrogen (secondary N) is 3. The van der Waals surface area contributed by atoms with E-state index >= 15 is 0 Å². The summed E-state index contributed by atoms with van der Waals surface area (Å²) in [5, 5.41) is 32.5. The van der Waals surface area contributed by atoms with Gasteiger partial charge in [0.2, 0.25) is 5.95 Å². The van der Waals surface area contributed by atoms with Crippen molar-refractivity contribution in [2.45, 2.75) is 24.9 Å². The second-order valence-corrected chi connectivity index (χ2v) is 7.80. The van der Waals surface area contributed by atoms with Crippen LogP contribution < -0.4 is 20.7 Å². The first-order valence-electron chi connectivity index (χ1n) is 10.5. The Morgan fingerprint density at radius 1 is 1.30 bits per heavy atom. The van der Waals surface area contributed by atoms with E-state index in [1.165, 1.54) is 16.8 Å². The van der Waals surface area contributed by atoms with Gasteiger partial charge in [-0.3, -0.25) is 0 Å². The van der Waals surface area contributed by atoms with Gasteiger partial charge in [0, 0.05) is 18.7 Å². The van der Waals surface area contributed by atoms with Gasteiger partial charge in [0.05, 0.1) is 36.7 Å². The van der Waals surface area contributed by atoms with Crippen LogP contribution in [0.1, 0.15) is 24.1 Å². The van der Waals surface area contributed by atoms with E-state index in [0.29, 0.717) is 31.2 Å². The van der Waals surface area contributed by atoms with E-state index in [4.69, 9.17) is 9.47 Å². The number of aromatic nitrogens is 4. The zero-order valence-electron chi connectivity index (χ0n) is 17.5. The van der Waals surface area contributed by atoms with Crippen LogP contribution in [0.5, 0.6) is 5.75 Å². The fourth-order valence-electron chi connectivity index (χ4n) is 3.42. The van der Waals surface area contributed by atoms with Crippen LogP contribution in [-0.4, -0.2) is 58.0 Å². The standard InChI is InChI=1S/C21H20FN9O2/c22-16-6-18(33-11-14-10-32-4-3-25-14)12(7-23)5-17(16)28-21-29-19(27-13-1-2-13)20-26-9-15(8-24)31(20)30-21/h5-6,9,13-14,25H,1-4,10-11H2,(H2,27,28,29,30). The minimum Gasteiger partial charge on any atom is -0.490 e. The number of hydrogen-bond donors (Lipinski definition) is 3. The number of morpholine rings is 1. The number of imidazole rings is 1. The van der Waals surface area contributed by atoms with E-state index in [2.05, 4.69) is 31.0 Å². The molecule has 2 aliphatic rings. The molecule has 1 saturated carbocycles. The Bertz CT molecular complexity index is 1270. The van der Waals surface area contributed by atoms with Crippen LogP contribution in [0.2, 0.25) is 0 Å². The molecule has 168 valence electrons. The molecule has 1 aliphatic heterocycles. The summed E-state index contributed by atoms with van der Waals surface area (Å²) < 4.78 is 27.3. The normalized spacial score (nSPS) is 17.8. The largest absolute Gasteiger partial charge is 0.490 e. The maximum absolute atomic E-state index is 14.9. The smallest absolute Gasteiger partial charge is 0.247 e. The molecule has 0 radical (unpaired) electrons. The number of anilines is 3. The van der Waals surface area contributed by atoms with Crippen LogP contribution in [0.15, 0.2) is 18.3 Å². The number of benzene rings is 1. The first kappa shape index (κ1) is 20.9. The van der Waals surface area contributed by atoms with Crippen LogP contribution in [0.4, 0.5) is 21.8 Å². The number of halogens is 1. The van der Waals surface area contributed by atoms with Gasteiger partial charge in [-0.1, -0.05) is 0 Å². The maximum Gasteiger partial charge on any atom is 0.247 e. The minimum atomic E-state index is -0.636. The summed E-state index contributed by atoms with van der Waals surface area (Å²) in [7, 11) is 0. The molecule has 1 unspecified atom stereocenters. The van der Waals surface area contributed by atoms with Gasteiger partial charge in [-0.25, -0.2) is 9.37 Å². The Hall–Kier alpha value is -4.00. The van der Waals surface area contributed by atoms with Crippen molar-refractivity contribution in [3.63, 3.8) is 0 Å². The summed E-state index contributed by atoms with van der Waals surface area (Å²) in [6.45, 7) is 2.08. The van der Waals surface area contributed by atoms with Gasteiger partial charge in [-0.05, 0) is 18.9 Å². The zero-order valence-corrected chi connectivity index (χ0v) is 17.5. The lowest BCUT2D eigenvalue weighted by atomic mass is 10.2. The highest BCUT2D eigenvalue weighted by atomic mass is 19.1. The second kappa shape index (κ2) is 8.86. The highest BCUT2D eigenvalue weighted by molar-refractivity contribution is 5.68. The molecule has 3 heterocycles. The molecule has 12 heteroatoms. The third kappa shape index (κ3) is 4.48. The Labute approximate surface area is 188 Å². The number of ether oxygens (including phenoxy) is 2. The second-order valence-electron chi connectivity index (χ2n) is 7.80. The molecular weight excluding hydrogens is 429 g/mol. The molecule has 0 bridgehead atoms. The average Bonchev–Trinajstić information content (AvgIpc) is 3.55. The zero-order chi connectivity index (χ0) is 22.8. The summed E-state index contributed by atoms with van der Waals surface area (Å²) in [5.74, 6) is 0.00452. The minimum absolute atomic E-state index is 0.00775. The molecule has 11 nitrogen and oxygen atoms in total. The van der Waals surface area contributed by atoms with Crippen molar-refractivity contribution in [2.75, 3.05) is 37.0 Å². The molecule has 1 saturated heterocycles. The van der Waals surface area contributed by atoms with Gasteiger partial charge in [0.25, 0.3) is 0 Å². The molecule has 0 amide bonds. The van der Waals surface area contributed by atoms with Gasteiger partial charge in [0.1, 0.15) is 30.3 Å². The van der Waals surface area contributed by atoms with Crippen LogP contribution >= 0.6 is 0 Å². The highest BCUT2D eigenvalue weighted by Gasteiger charge is 2.24. The van der Waals surface area contributed by atoms with Crippen LogP contribution in [-0.2, 0) is 4.74 Å². The predicted molar refractivity (Wildman–Crippen MR) is 115 cm³/mol. The predicted octanol–water partition coefficient (Wildman–Crippen LogP) is 1.69. The number of rotatable bonds is 7. The molecule has 3 N–H and O–H groups in total. The van der Waals surface area contributed by atoms with E-state index < -0.39 is 5.82 Å². The van der Waals surface area contributed by atoms with Crippen molar-refractivity contribution in [3.8, 4) is 17.9 Å². The van der Waals surface area contributed by atoms with Crippen molar-refractivity contribution in [3.05, 3.63) is 35.4 Å². The monoisotopic (exact) mass is 449 g/mol. The van der Waals surface area contributed by atoms with Crippen molar-refractivity contribution in [1.82, 2.24) is 24.9 Å². The van der Waals surface area contributed by atoms with Gasteiger partial charge in [-0.2, -0.15) is 20.0 Å². The molecule has 5 rings (SSSR count). The number of fused-ring (bicyclic) bond motifs is 1. The Kier molecular flexibility index (Phi) is 5.60. The van der Waals surface area contributed by atoms with Gasteiger partial charge < -0.3 is 25.4 Å². The highest BCUT2D eigenvalue weighted by Crippen LogP contribution is 2.30. The molecule has 1 aliphatic carbocycles. The van der Waals surface area contributed by atoms with E-state index in [-0.39, 0.29) is 47.3 Å². The van der Waals surface area contributed by atoms with Gasteiger partial charge in [-0.15, -0.1) is 5.10 Å². The number of hydrogen-bond acceptors (Lipinski definition) is 10. The molecule has 2 aromatic heterocycles. The molecule has 1 aromatic carbocycles. The van der Waals surface area contributed by atoms with E-state index in [1.807, 2.05) is 12.1 Å². The first-order chi connectivity index (χ1) is 16.1. The summed E-state index contributed by atoms with van der Waals surface area (Å²) in [5.41, 5.74) is 0.796. The third-order valence-corrected chi connectivity index (χ3v) is 5.27. The van der Waals surface area contributed by atoms with Crippen molar-refractivity contribution in [2.24, 2.45) is 0 Å². The molecular formula is C21H20FN9O2. The Morgan fingerprint density at radius 2 is 2.18 bits per heavy atom. The van der Waals surface area contributed by atoms with Crippen LogP contribution in [0.25, 0.3) is 5.65 Å². The van der Waals surface area contributed by atoms with Crippen LogP contribution in [0, 0.1) is 28.5 Å². The lowest BCUT2D eigenvalue weighted by Gasteiger charge is -2.24. The summed E-state index contributed by atoms with van der Waals surface area (Å²) in [6.07, 6.45) is 3.42. The summed E-state index contributed by atoms with van der Waals surface area (Å²) in [6, 6.07) is 6.80. The maximum atomic E-state index is 14.9. The van der Waals surface area contributed by atoms with E-state index in [0.717, 1.165) is 18.9 Å². The molecule has 0 spiro atoms. The fraction of sp³-hybridized carbons (Fsp3) is 0.381.